The highest BCUT2D eigenvalue weighted by atomic mass is 28.4. The van der Waals surface area contributed by atoms with Crippen molar-refractivity contribution in [2.24, 2.45) is 5.92 Å². The lowest BCUT2D eigenvalue weighted by Gasteiger charge is -2.43. The van der Waals surface area contributed by atoms with Crippen LogP contribution in [0.3, 0.4) is 0 Å². The molecule has 0 spiro atoms. The molecule has 0 saturated heterocycles. The van der Waals surface area contributed by atoms with Gasteiger partial charge in [-0.3, -0.25) is 0 Å². The van der Waals surface area contributed by atoms with Gasteiger partial charge in [-0.15, -0.1) is 0 Å². The van der Waals surface area contributed by atoms with Gasteiger partial charge in [0, 0.05) is 6.61 Å². The monoisotopic (exact) mass is 286 g/mol. The molecule has 0 heterocycles. The molecular weight excluding hydrogens is 252 g/mol. The third-order valence-electron chi connectivity index (χ3n) is 5.09. The first kappa shape index (κ1) is 17.2. The maximum absolute atomic E-state index is 9.59. The predicted molar refractivity (Wildman–Crippen MR) is 85.0 cm³/mol. The highest BCUT2D eigenvalue weighted by molar-refractivity contribution is 6.77. The SMILES string of the molecule is CC(C)[Si](OC[C@H]1CC[C@@H](O)CC1)(C(C)C)C(C)C. The molecule has 2 nitrogen and oxygen atoms in total. The van der Waals surface area contributed by atoms with Gasteiger partial charge in [-0.1, -0.05) is 41.5 Å². The van der Waals surface area contributed by atoms with Gasteiger partial charge in [0.15, 0.2) is 8.32 Å². The van der Waals surface area contributed by atoms with Crippen molar-refractivity contribution in [1.82, 2.24) is 0 Å². The Morgan fingerprint density at radius 1 is 0.895 bits per heavy atom. The maximum Gasteiger partial charge on any atom is 0.200 e. The van der Waals surface area contributed by atoms with Crippen LogP contribution in [-0.2, 0) is 4.43 Å². The molecule has 1 N–H and O–H groups in total. The minimum atomic E-state index is -1.69. The van der Waals surface area contributed by atoms with E-state index in [1.165, 1.54) is 0 Å². The Morgan fingerprint density at radius 2 is 1.32 bits per heavy atom. The number of aliphatic hydroxyl groups is 1. The Kier molecular flexibility index (Phi) is 6.54. The lowest BCUT2D eigenvalue weighted by atomic mass is 9.88. The van der Waals surface area contributed by atoms with Gasteiger partial charge in [0.25, 0.3) is 0 Å². The molecule has 0 bridgehead atoms. The quantitative estimate of drug-likeness (QED) is 0.715. The van der Waals surface area contributed by atoms with E-state index in [1.807, 2.05) is 0 Å². The van der Waals surface area contributed by atoms with Gasteiger partial charge in [-0.05, 0) is 48.2 Å². The largest absolute Gasteiger partial charge is 0.416 e. The van der Waals surface area contributed by atoms with E-state index in [-0.39, 0.29) is 6.10 Å². The summed E-state index contributed by atoms with van der Waals surface area (Å²) < 4.78 is 6.65. The molecular formula is C16H34O2Si. The van der Waals surface area contributed by atoms with Gasteiger partial charge in [0.05, 0.1) is 6.10 Å². The molecule has 0 aliphatic heterocycles. The minimum absolute atomic E-state index is 0.0569. The normalized spacial score (nSPS) is 25.6. The van der Waals surface area contributed by atoms with Crippen molar-refractivity contribution in [3.63, 3.8) is 0 Å². The zero-order chi connectivity index (χ0) is 14.6. The van der Waals surface area contributed by atoms with Crippen molar-refractivity contribution >= 4 is 8.32 Å². The van der Waals surface area contributed by atoms with Crippen LogP contribution in [0.5, 0.6) is 0 Å². The molecule has 1 aliphatic rings. The minimum Gasteiger partial charge on any atom is -0.416 e. The molecule has 0 aromatic rings. The molecule has 0 aromatic heterocycles. The molecule has 19 heavy (non-hydrogen) atoms. The average molecular weight is 287 g/mol. The zero-order valence-electron chi connectivity index (χ0n) is 13.8. The lowest BCUT2D eigenvalue weighted by molar-refractivity contribution is 0.0880. The van der Waals surface area contributed by atoms with Crippen LogP contribution in [-0.4, -0.2) is 26.1 Å². The lowest BCUT2D eigenvalue weighted by Crippen LogP contribution is -2.48. The summed E-state index contributed by atoms with van der Waals surface area (Å²) in [6, 6.07) is 0. The van der Waals surface area contributed by atoms with Crippen LogP contribution in [0, 0.1) is 5.92 Å². The first-order valence-corrected chi connectivity index (χ1v) is 10.3. The second-order valence-corrected chi connectivity index (χ2v) is 12.8. The van der Waals surface area contributed by atoms with E-state index >= 15 is 0 Å². The molecule has 114 valence electrons. The van der Waals surface area contributed by atoms with Crippen molar-refractivity contribution in [2.75, 3.05) is 6.61 Å². The third-order valence-corrected chi connectivity index (χ3v) is 11.2. The van der Waals surface area contributed by atoms with Crippen molar-refractivity contribution in [3.8, 4) is 0 Å². The first-order chi connectivity index (χ1) is 8.80. The van der Waals surface area contributed by atoms with E-state index in [4.69, 9.17) is 4.43 Å². The summed E-state index contributed by atoms with van der Waals surface area (Å²) >= 11 is 0. The van der Waals surface area contributed by atoms with Gasteiger partial charge in [0.2, 0.25) is 0 Å². The zero-order valence-corrected chi connectivity index (χ0v) is 14.8. The van der Waals surface area contributed by atoms with Crippen LogP contribution in [0.2, 0.25) is 16.6 Å². The summed E-state index contributed by atoms with van der Waals surface area (Å²) in [5, 5.41) is 9.59. The summed E-state index contributed by atoms with van der Waals surface area (Å²) in [4.78, 5) is 0. The van der Waals surface area contributed by atoms with E-state index in [2.05, 4.69) is 41.5 Å². The molecule has 0 atom stereocenters. The summed E-state index contributed by atoms with van der Waals surface area (Å²) in [5.41, 5.74) is 2.00. The molecule has 3 heteroatoms. The smallest absolute Gasteiger partial charge is 0.200 e. The first-order valence-electron chi connectivity index (χ1n) is 8.12. The van der Waals surface area contributed by atoms with Crippen LogP contribution in [0.25, 0.3) is 0 Å². The van der Waals surface area contributed by atoms with E-state index in [0.29, 0.717) is 22.5 Å². The van der Waals surface area contributed by atoms with Crippen molar-refractivity contribution in [2.45, 2.75) is 90.0 Å². The average Bonchev–Trinajstić information content (AvgIpc) is 2.30. The number of aliphatic hydroxyl groups excluding tert-OH is 1. The van der Waals surface area contributed by atoms with Crippen LogP contribution in [0.1, 0.15) is 67.2 Å². The molecule has 0 amide bonds. The van der Waals surface area contributed by atoms with Gasteiger partial charge in [-0.2, -0.15) is 0 Å². The van der Waals surface area contributed by atoms with Gasteiger partial charge in [-0.25, -0.2) is 0 Å². The topological polar surface area (TPSA) is 29.5 Å². The fourth-order valence-electron chi connectivity index (χ4n) is 4.07. The second kappa shape index (κ2) is 7.23. The fourth-order valence-corrected chi connectivity index (χ4v) is 9.60. The molecule has 1 aliphatic carbocycles. The fraction of sp³-hybridized carbons (Fsp3) is 1.00. The maximum atomic E-state index is 9.59. The van der Waals surface area contributed by atoms with Crippen molar-refractivity contribution in [3.05, 3.63) is 0 Å². The Balaban J connectivity index is 2.63. The highest BCUT2D eigenvalue weighted by Gasteiger charge is 2.45. The van der Waals surface area contributed by atoms with Gasteiger partial charge < -0.3 is 9.53 Å². The second-order valence-electron chi connectivity index (χ2n) is 7.30. The Hall–Kier alpha value is 0.137. The summed E-state index contributed by atoms with van der Waals surface area (Å²) in [6.07, 6.45) is 4.15. The van der Waals surface area contributed by atoms with E-state index < -0.39 is 8.32 Å². The van der Waals surface area contributed by atoms with Crippen LogP contribution in [0.4, 0.5) is 0 Å². The third kappa shape index (κ3) is 4.05. The summed E-state index contributed by atoms with van der Waals surface area (Å²) in [6.45, 7) is 15.0. The van der Waals surface area contributed by atoms with E-state index in [0.717, 1.165) is 32.3 Å². The number of hydrogen-bond acceptors (Lipinski definition) is 2. The number of hydrogen-bond donors (Lipinski definition) is 1. The van der Waals surface area contributed by atoms with E-state index in [9.17, 15) is 5.11 Å². The Labute approximate surface area is 121 Å². The van der Waals surface area contributed by atoms with Crippen LogP contribution >= 0.6 is 0 Å². The molecule has 1 saturated carbocycles. The highest BCUT2D eigenvalue weighted by Crippen LogP contribution is 2.43. The molecule has 0 radical (unpaired) electrons. The number of rotatable bonds is 6. The predicted octanol–water partition coefficient (Wildman–Crippen LogP) is 4.73. The summed E-state index contributed by atoms with van der Waals surface area (Å²) in [5.74, 6) is 0.673. The standard InChI is InChI=1S/C16H34O2Si/c1-12(2)19(13(3)4,14(5)6)18-11-15-7-9-16(17)10-8-15/h12-17H,7-11H2,1-6H3/t15-,16+. The molecule has 0 aromatic carbocycles. The van der Waals surface area contributed by atoms with Gasteiger partial charge >= 0.3 is 0 Å². The van der Waals surface area contributed by atoms with Crippen molar-refractivity contribution < 1.29 is 9.53 Å². The Bertz CT molecular complexity index is 234. The Morgan fingerprint density at radius 3 is 1.68 bits per heavy atom. The van der Waals surface area contributed by atoms with Crippen molar-refractivity contribution in [1.29, 1.82) is 0 Å². The summed E-state index contributed by atoms with van der Waals surface area (Å²) in [7, 11) is -1.69. The molecule has 0 unspecified atom stereocenters. The molecule has 1 fully saturated rings. The molecule has 1 rings (SSSR count). The van der Waals surface area contributed by atoms with E-state index in [1.54, 1.807) is 0 Å². The van der Waals surface area contributed by atoms with Crippen LogP contribution in [0.15, 0.2) is 0 Å². The van der Waals surface area contributed by atoms with Gasteiger partial charge in [0.1, 0.15) is 0 Å². The van der Waals surface area contributed by atoms with Crippen LogP contribution < -0.4 is 0 Å².